The van der Waals surface area contributed by atoms with Crippen molar-refractivity contribution in [3.05, 3.63) is 72.1 Å². The number of aliphatic carboxylic acids is 1. The lowest BCUT2D eigenvalue weighted by molar-refractivity contribution is -0.670. The molecule has 45 heavy (non-hydrogen) atoms. The monoisotopic (exact) mass is 618 g/mol. The Balaban J connectivity index is 1.45. The highest BCUT2D eigenvalue weighted by Crippen LogP contribution is 2.47. The van der Waals surface area contributed by atoms with Gasteiger partial charge in [-0.1, -0.05) is 31.5 Å². The van der Waals surface area contributed by atoms with Crippen LogP contribution in [-0.2, 0) is 23.1 Å². The average molecular weight is 619 g/mol. The van der Waals surface area contributed by atoms with Gasteiger partial charge in [-0.25, -0.2) is 4.57 Å². The molecule has 10 nitrogen and oxygen atoms in total. The molecule has 1 amide bonds. The van der Waals surface area contributed by atoms with E-state index in [0.717, 1.165) is 48.2 Å². The number of likely N-dealkylation sites (tertiary alicyclic amines) is 1. The van der Waals surface area contributed by atoms with Gasteiger partial charge in [-0.15, -0.1) is 0 Å². The van der Waals surface area contributed by atoms with Gasteiger partial charge in [-0.2, -0.15) is 0 Å². The van der Waals surface area contributed by atoms with Gasteiger partial charge in [0, 0.05) is 31.1 Å². The predicted molar refractivity (Wildman–Crippen MR) is 169 cm³/mol. The molecule has 2 aliphatic rings. The molecule has 1 aromatic heterocycles. The number of methoxy groups -OCH3 is 2. The Hall–Kier alpha value is -4.31. The van der Waals surface area contributed by atoms with Crippen LogP contribution in [0.25, 0.3) is 0 Å². The minimum Gasteiger partial charge on any atom is -0.496 e. The Bertz CT molecular complexity index is 1500. The standard InChI is InChI=1S/C35H43N3O7/c1-5-6-17-38(26-13-10-16-36(2)20-26)32(39)22-37-21-27(25-18-30(43-4)34-31(19-25)44-23-45-34)33(35(40)41)28(37)14-9-12-24-11-7-8-15-29(24)42-3/h7-8,10-11,13,15-16,18-20,27-28,33H,5-6,9,12,14,17,21-23H2,1-4H3/p+1/t27-,28+,33?/m1/s1. The van der Waals surface area contributed by atoms with Crippen molar-refractivity contribution < 1.29 is 38.2 Å². The number of amides is 1. The maximum atomic E-state index is 14.1. The number of rotatable bonds is 14. The summed E-state index contributed by atoms with van der Waals surface area (Å²) >= 11 is 0. The first-order valence-electron chi connectivity index (χ1n) is 15.7. The fraction of sp³-hybridized carbons (Fsp3) is 0.457. The lowest BCUT2D eigenvalue weighted by Gasteiger charge is -2.29. The minimum atomic E-state index is -0.883. The van der Waals surface area contributed by atoms with Gasteiger partial charge in [0.25, 0.3) is 0 Å². The van der Waals surface area contributed by atoms with E-state index >= 15 is 0 Å². The Morgan fingerprint density at radius 2 is 1.87 bits per heavy atom. The molecule has 0 spiro atoms. The maximum absolute atomic E-state index is 14.1. The molecule has 1 saturated heterocycles. The van der Waals surface area contributed by atoms with Crippen LogP contribution < -0.4 is 28.4 Å². The van der Waals surface area contributed by atoms with Crippen LogP contribution in [0.3, 0.4) is 0 Å². The first-order chi connectivity index (χ1) is 21.8. The molecule has 0 saturated carbocycles. The van der Waals surface area contributed by atoms with Crippen molar-refractivity contribution in [2.45, 2.75) is 51.0 Å². The van der Waals surface area contributed by atoms with Crippen LogP contribution in [0.15, 0.2) is 60.9 Å². The number of carboxylic acid groups (broad SMARTS) is 1. The van der Waals surface area contributed by atoms with Crippen molar-refractivity contribution in [1.82, 2.24) is 4.90 Å². The predicted octanol–water partition coefficient (Wildman–Crippen LogP) is 4.58. The third kappa shape index (κ3) is 7.17. The van der Waals surface area contributed by atoms with Crippen LogP contribution in [-0.4, -0.2) is 68.6 Å². The number of aromatic nitrogens is 1. The fourth-order valence-corrected chi connectivity index (χ4v) is 6.67. The van der Waals surface area contributed by atoms with E-state index < -0.39 is 11.9 Å². The van der Waals surface area contributed by atoms with Gasteiger partial charge in [0.2, 0.25) is 18.4 Å². The number of hydrogen-bond acceptors (Lipinski definition) is 7. The zero-order valence-electron chi connectivity index (χ0n) is 26.6. The third-order valence-corrected chi connectivity index (χ3v) is 8.89. The smallest absolute Gasteiger partial charge is 0.308 e. The van der Waals surface area contributed by atoms with Gasteiger partial charge in [0.1, 0.15) is 18.5 Å². The maximum Gasteiger partial charge on any atom is 0.308 e. The molecule has 0 radical (unpaired) electrons. The number of carbonyl (C=O) groups excluding carboxylic acids is 1. The summed E-state index contributed by atoms with van der Waals surface area (Å²) in [4.78, 5) is 31.0. The molecule has 3 heterocycles. The second-order valence-electron chi connectivity index (χ2n) is 11.8. The number of pyridine rings is 1. The van der Waals surface area contributed by atoms with Gasteiger partial charge in [0.15, 0.2) is 23.9 Å². The first-order valence-corrected chi connectivity index (χ1v) is 15.7. The van der Waals surface area contributed by atoms with Gasteiger partial charge in [-0.05, 0) is 61.1 Å². The highest BCUT2D eigenvalue weighted by atomic mass is 16.7. The van der Waals surface area contributed by atoms with Gasteiger partial charge < -0.3 is 29.0 Å². The van der Waals surface area contributed by atoms with Crippen LogP contribution in [0.4, 0.5) is 5.69 Å². The summed E-state index contributed by atoms with van der Waals surface area (Å²) in [6.07, 6.45) is 7.79. The number of aryl methyl sites for hydroxylation is 2. The highest BCUT2D eigenvalue weighted by Gasteiger charge is 2.47. The quantitative estimate of drug-likeness (QED) is 0.262. The van der Waals surface area contributed by atoms with Gasteiger partial charge in [-0.3, -0.25) is 14.5 Å². The number of nitrogens with zero attached hydrogens (tertiary/aromatic N) is 3. The number of benzene rings is 2. The van der Waals surface area contributed by atoms with E-state index in [4.69, 9.17) is 18.9 Å². The van der Waals surface area contributed by atoms with Crippen molar-refractivity contribution in [1.29, 1.82) is 0 Å². The zero-order chi connectivity index (χ0) is 31.9. The second kappa shape index (κ2) is 14.6. The molecular formula is C35H44N3O7+. The number of ether oxygens (including phenoxy) is 4. The molecule has 1 N–H and O–H groups in total. The lowest BCUT2D eigenvalue weighted by Crippen LogP contribution is -2.45. The summed E-state index contributed by atoms with van der Waals surface area (Å²) in [5.74, 6) is 0.345. The van der Waals surface area contributed by atoms with Crippen molar-refractivity contribution >= 4 is 17.6 Å². The van der Waals surface area contributed by atoms with Crippen LogP contribution >= 0.6 is 0 Å². The molecule has 5 rings (SSSR count). The summed E-state index contributed by atoms with van der Waals surface area (Å²) in [6.45, 7) is 3.31. The van der Waals surface area contributed by atoms with E-state index in [0.29, 0.717) is 36.8 Å². The molecule has 2 aliphatic heterocycles. The number of para-hydroxylation sites is 1. The molecule has 3 aromatic rings. The van der Waals surface area contributed by atoms with Gasteiger partial charge in [0.05, 0.1) is 26.7 Å². The van der Waals surface area contributed by atoms with Crippen molar-refractivity contribution in [2.24, 2.45) is 13.0 Å². The van der Waals surface area contributed by atoms with Crippen molar-refractivity contribution in [3.8, 4) is 23.0 Å². The number of fused-ring (bicyclic) bond motifs is 1. The Labute approximate surface area is 265 Å². The largest absolute Gasteiger partial charge is 0.496 e. The third-order valence-electron chi connectivity index (χ3n) is 8.89. The van der Waals surface area contributed by atoms with Crippen LogP contribution in [0.2, 0.25) is 0 Å². The van der Waals surface area contributed by atoms with E-state index in [1.165, 1.54) is 0 Å². The minimum absolute atomic E-state index is 0.0440. The molecular weight excluding hydrogens is 574 g/mol. The summed E-state index contributed by atoms with van der Waals surface area (Å²) in [6, 6.07) is 15.1. The summed E-state index contributed by atoms with van der Waals surface area (Å²) in [5, 5.41) is 10.7. The van der Waals surface area contributed by atoms with E-state index in [-0.39, 0.29) is 31.2 Å². The van der Waals surface area contributed by atoms with E-state index in [2.05, 4.69) is 11.8 Å². The molecule has 1 unspecified atom stereocenters. The molecule has 1 fully saturated rings. The van der Waals surface area contributed by atoms with Crippen molar-refractivity contribution in [3.63, 3.8) is 0 Å². The molecule has 240 valence electrons. The van der Waals surface area contributed by atoms with Gasteiger partial charge >= 0.3 is 5.97 Å². The molecule has 3 atom stereocenters. The number of carboxylic acids is 1. The van der Waals surface area contributed by atoms with E-state index in [1.807, 2.05) is 77.4 Å². The lowest BCUT2D eigenvalue weighted by atomic mass is 9.83. The number of anilines is 1. The highest BCUT2D eigenvalue weighted by molar-refractivity contribution is 5.94. The normalized spacial score (nSPS) is 19.0. The zero-order valence-corrected chi connectivity index (χ0v) is 26.6. The summed E-state index contributed by atoms with van der Waals surface area (Å²) in [7, 11) is 5.15. The van der Waals surface area contributed by atoms with Crippen LogP contribution in [0.1, 0.15) is 49.7 Å². The Morgan fingerprint density at radius 1 is 1.07 bits per heavy atom. The number of hydrogen-bond donors (Lipinski definition) is 1. The molecule has 0 aliphatic carbocycles. The van der Waals surface area contributed by atoms with E-state index in [1.54, 1.807) is 14.2 Å². The topological polar surface area (TPSA) is 102 Å². The fourth-order valence-electron chi connectivity index (χ4n) is 6.67. The summed E-state index contributed by atoms with van der Waals surface area (Å²) < 4.78 is 24.4. The van der Waals surface area contributed by atoms with Crippen LogP contribution in [0.5, 0.6) is 23.0 Å². The molecule has 2 aromatic carbocycles. The van der Waals surface area contributed by atoms with Crippen LogP contribution in [0, 0.1) is 5.92 Å². The number of carbonyl (C=O) groups is 2. The van der Waals surface area contributed by atoms with E-state index in [9.17, 15) is 14.7 Å². The molecule has 10 heteroatoms. The molecule has 0 bridgehead atoms. The van der Waals surface area contributed by atoms with Crippen molar-refractivity contribution in [2.75, 3.05) is 45.5 Å². The SMILES string of the molecule is CCCCN(C(=O)CN1C[C@H](c2cc(OC)c3c(c2)OCO3)C(C(=O)O)[C@@H]1CCCc1ccccc1OC)c1ccc[n+](C)c1. The second-order valence-corrected chi connectivity index (χ2v) is 11.8. The Morgan fingerprint density at radius 3 is 2.60 bits per heavy atom. The average Bonchev–Trinajstić information content (AvgIpc) is 3.66. The first kappa shape index (κ1) is 32.1. The summed E-state index contributed by atoms with van der Waals surface area (Å²) in [5.41, 5.74) is 2.70. The Kier molecular flexibility index (Phi) is 10.4. The number of unbranched alkanes of at least 4 members (excludes halogenated alkanes) is 1.